The highest BCUT2D eigenvalue weighted by Gasteiger charge is 2.29. The summed E-state index contributed by atoms with van der Waals surface area (Å²) in [7, 11) is 0. The molecule has 0 fully saturated rings. The zero-order valence-electron chi connectivity index (χ0n) is 9.80. The molecule has 2 N–H and O–H groups in total. The predicted molar refractivity (Wildman–Crippen MR) is 58.0 cm³/mol. The monoisotopic (exact) mass is 201 g/mol. The fourth-order valence-corrected chi connectivity index (χ4v) is 1.42. The third-order valence-corrected chi connectivity index (χ3v) is 2.99. The minimum Gasteiger partial charge on any atom is -0.458 e. The van der Waals surface area contributed by atoms with Crippen LogP contribution >= 0.6 is 0 Å². The Morgan fingerprint density at radius 1 is 1.21 bits per heavy atom. The highest BCUT2D eigenvalue weighted by atomic mass is 16.6. The highest BCUT2D eigenvalue weighted by Crippen LogP contribution is 2.24. The molecule has 0 aliphatic carbocycles. The van der Waals surface area contributed by atoms with Gasteiger partial charge in [0.15, 0.2) is 0 Å². The zero-order chi connectivity index (χ0) is 11.2. The molecule has 0 spiro atoms. The first-order valence-electron chi connectivity index (χ1n) is 5.53. The molecule has 1 atom stereocenters. The van der Waals surface area contributed by atoms with Crippen LogP contribution in [0.1, 0.15) is 53.4 Å². The Labute approximate surface area is 87.0 Å². The summed E-state index contributed by atoms with van der Waals surface area (Å²) in [5, 5.41) is 0. The van der Waals surface area contributed by atoms with E-state index in [1.807, 2.05) is 27.7 Å². The lowest BCUT2D eigenvalue weighted by Crippen LogP contribution is -2.40. The predicted octanol–water partition coefficient (Wildman–Crippen LogP) is 2.24. The Bertz CT molecular complexity index is 168. The summed E-state index contributed by atoms with van der Waals surface area (Å²) in [5.74, 6) is -0.266. The van der Waals surface area contributed by atoms with Gasteiger partial charge in [0.05, 0.1) is 0 Å². The Morgan fingerprint density at radius 3 is 1.93 bits per heavy atom. The molecule has 0 radical (unpaired) electrons. The van der Waals surface area contributed by atoms with Gasteiger partial charge in [-0.05, 0) is 25.7 Å². The minimum atomic E-state index is -0.473. The van der Waals surface area contributed by atoms with Crippen molar-refractivity contribution in [2.45, 2.75) is 65.0 Å². The van der Waals surface area contributed by atoms with Crippen LogP contribution in [0.4, 0.5) is 0 Å². The van der Waals surface area contributed by atoms with Crippen LogP contribution in [0.25, 0.3) is 0 Å². The number of hydrogen-bond acceptors (Lipinski definition) is 3. The van der Waals surface area contributed by atoms with Gasteiger partial charge in [0, 0.05) is 0 Å². The molecule has 0 aliphatic heterocycles. The van der Waals surface area contributed by atoms with E-state index in [0.29, 0.717) is 6.42 Å². The van der Waals surface area contributed by atoms with Crippen LogP contribution in [0.2, 0.25) is 0 Å². The Morgan fingerprint density at radius 2 is 1.64 bits per heavy atom. The SMILES string of the molecule is CC[C@@H](N)C(=O)OC(CC)(CC)CC. The molecule has 0 rings (SSSR count). The smallest absolute Gasteiger partial charge is 0.323 e. The van der Waals surface area contributed by atoms with Gasteiger partial charge in [0.25, 0.3) is 0 Å². The van der Waals surface area contributed by atoms with Gasteiger partial charge in [-0.25, -0.2) is 0 Å². The van der Waals surface area contributed by atoms with Crippen molar-refractivity contribution in [2.24, 2.45) is 5.73 Å². The molecule has 3 nitrogen and oxygen atoms in total. The summed E-state index contributed by atoms with van der Waals surface area (Å²) in [4.78, 5) is 11.5. The molecule has 84 valence electrons. The van der Waals surface area contributed by atoms with Gasteiger partial charge >= 0.3 is 5.97 Å². The van der Waals surface area contributed by atoms with Crippen molar-refractivity contribution in [2.75, 3.05) is 0 Å². The number of rotatable bonds is 6. The van der Waals surface area contributed by atoms with E-state index < -0.39 is 6.04 Å². The fourth-order valence-electron chi connectivity index (χ4n) is 1.42. The summed E-state index contributed by atoms with van der Waals surface area (Å²) in [6, 6.07) is -0.473. The molecule has 0 aromatic carbocycles. The van der Waals surface area contributed by atoms with Crippen molar-refractivity contribution in [3.8, 4) is 0 Å². The second kappa shape index (κ2) is 6.02. The van der Waals surface area contributed by atoms with Crippen LogP contribution < -0.4 is 5.73 Å². The number of carbonyl (C=O) groups excluding carboxylic acids is 1. The summed E-state index contributed by atoms with van der Waals surface area (Å²) < 4.78 is 5.47. The van der Waals surface area contributed by atoms with E-state index in [-0.39, 0.29) is 11.6 Å². The largest absolute Gasteiger partial charge is 0.458 e. The van der Waals surface area contributed by atoms with Crippen molar-refractivity contribution in [1.82, 2.24) is 0 Å². The van der Waals surface area contributed by atoms with Crippen LogP contribution in [0.15, 0.2) is 0 Å². The van der Waals surface area contributed by atoms with Gasteiger partial charge in [0.2, 0.25) is 0 Å². The summed E-state index contributed by atoms with van der Waals surface area (Å²) in [6.07, 6.45) is 3.18. The standard InChI is InChI=1S/C11H23NO2/c1-5-9(12)10(13)14-11(6-2,7-3)8-4/h9H,5-8,12H2,1-4H3/t9-/m1/s1. The van der Waals surface area contributed by atoms with Gasteiger partial charge in [-0.2, -0.15) is 0 Å². The van der Waals surface area contributed by atoms with Gasteiger partial charge < -0.3 is 10.5 Å². The number of nitrogens with two attached hydrogens (primary N) is 1. The lowest BCUT2D eigenvalue weighted by Gasteiger charge is -2.31. The first kappa shape index (κ1) is 13.4. The molecule has 0 aromatic rings. The maximum atomic E-state index is 11.5. The molecule has 0 bridgehead atoms. The molecule has 3 heteroatoms. The Hall–Kier alpha value is -0.570. The van der Waals surface area contributed by atoms with E-state index in [4.69, 9.17) is 10.5 Å². The van der Waals surface area contributed by atoms with Crippen LogP contribution in [0.5, 0.6) is 0 Å². The number of ether oxygens (including phenoxy) is 1. The second-order valence-electron chi connectivity index (χ2n) is 3.68. The average molecular weight is 201 g/mol. The van der Waals surface area contributed by atoms with Crippen LogP contribution in [0, 0.1) is 0 Å². The maximum Gasteiger partial charge on any atom is 0.323 e. The minimum absolute atomic E-state index is 0.266. The van der Waals surface area contributed by atoms with Crippen molar-refractivity contribution in [3.63, 3.8) is 0 Å². The zero-order valence-corrected chi connectivity index (χ0v) is 9.80. The highest BCUT2D eigenvalue weighted by molar-refractivity contribution is 5.75. The topological polar surface area (TPSA) is 52.3 Å². The third-order valence-electron chi connectivity index (χ3n) is 2.99. The molecule has 0 unspecified atom stereocenters. The molecular weight excluding hydrogens is 178 g/mol. The van der Waals surface area contributed by atoms with E-state index in [0.717, 1.165) is 19.3 Å². The van der Waals surface area contributed by atoms with Crippen LogP contribution in [-0.2, 0) is 9.53 Å². The van der Waals surface area contributed by atoms with Gasteiger partial charge in [-0.15, -0.1) is 0 Å². The van der Waals surface area contributed by atoms with Gasteiger partial charge in [-0.1, -0.05) is 27.7 Å². The molecule has 14 heavy (non-hydrogen) atoms. The Kier molecular flexibility index (Phi) is 5.77. The first-order chi connectivity index (χ1) is 6.55. The first-order valence-corrected chi connectivity index (χ1v) is 5.53. The summed E-state index contributed by atoms with van der Waals surface area (Å²) in [5.41, 5.74) is 5.31. The lowest BCUT2D eigenvalue weighted by molar-refractivity contribution is -0.163. The number of hydrogen-bond donors (Lipinski definition) is 1. The average Bonchev–Trinajstić information content (AvgIpc) is 2.24. The molecule has 0 amide bonds. The number of esters is 1. The van der Waals surface area contributed by atoms with Crippen molar-refractivity contribution < 1.29 is 9.53 Å². The normalized spacial score (nSPS) is 13.8. The molecule has 0 saturated heterocycles. The molecule has 0 heterocycles. The molecule has 0 aliphatic rings. The lowest BCUT2D eigenvalue weighted by atomic mass is 9.94. The van der Waals surface area contributed by atoms with Gasteiger partial charge in [-0.3, -0.25) is 4.79 Å². The summed E-state index contributed by atoms with van der Waals surface area (Å²) >= 11 is 0. The molecule has 0 saturated carbocycles. The second-order valence-corrected chi connectivity index (χ2v) is 3.68. The van der Waals surface area contributed by atoms with Gasteiger partial charge in [0.1, 0.15) is 11.6 Å². The van der Waals surface area contributed by atoms with E-state index in [9.17, 15) is 4.79 Å². The Balaban J connectivity index is 4.37. The van der Waals surface area contributed by atoms with Crippen molar-refractivity contribution in [1.29, 1.82) is 0 Å². The van der Waals surface area contributed by atoms with E-state index >= 15 is 0 Å². The van der Waals surface area contributed by atoms with Crippen LogP contribution in [0.3, 0.4) is 0 Å². The van der Waals surface area contributed by atoms with Crippen molar-refractivity contribution >= 4 is 5.97 Å². The number of carbonyl (C=O) groups is 1. The van der Waals surface area contributed by atoms with Crippen molar-refractivity contribution in [3.05, 3.63) is 0 Å². The maximum absolute atomic E-state index is 11.5. The quantitative estimate of drug-likeness (QED) is 0.670. The van der Waals surface area contributed by atoms with E-state index in [2.05, 4.69) is 0 Å². The fraction of sp³-hybridized carbons (Fsp3) is 0.909. The van der Waals surface area contributed by atoms with E-state index in [1.54, 1.807) is 0 Å². The molecular formula is C11H23NO2. The van der Waals surface area contributed by atoms with Crippen LogP contribution in [-0.4, -0.2) is 17.6 Å². The third kappa shape index (κ3) is 3.29. The van der Waals surface area contributed by atoms with E-state index in [1.165, 1.54) is 0 Å². The summed E-state index contributed by atoms with van der Waals surface area (Å²) in [6.45, 7) is 8.00. The molecule has 0 aromatic heterocycles.